The van der Waals surface area contributed by atoms with Crippen molar-refractivity contribution in [3.8, 4) is 0 Å². The van der Waals surface area contributed by atoms with E-state index in [9.17, 15) is 4.79 Å². The molecule has 0 atom stereocenters. The highest BCUT2D eigenvalue weighted by Crippen LogP contribution is 2.27. The average molecular weight is 361 g/mol. The molecule has 0 radical (unpaired) electrons. The van der Waals surface area contributed by atoms with Crippen LogP contribution < -0.4 is 0 Å². The number of aliphatic imine (C=N–C) groups is 1. The van der Waals surface area contributed by atoms with Gasteiger partial charge in [-0.3, -0.25) is 0 Å². The van der Waals surface area contributed by atoms with Crippen molar-refractivity contribution in [2.24, 2.45) is 4.99 Å². The maximum Gasteiger partial charge on any atom is 0.330 e. The lowest BCUT2D eigenvalue weighted by Crippen LogP contribution is -2.02. The molecule has 3 aromatic rings. The highest BCUT2D eigenvalue weighted by molar-refractivity contribution is 7.08. The molecule has 0 saturated carbocycles. The van der Waals surface area contributed by atoms with Crippen LogP contribution in [0.4, 0.5) is 5.69 Å². The van der Waals surface area contributed by atoms with Gasteiger partial charge in [0.05, 0.1) is 18.0 Å². The zero-order valence-corrected chi connectivity index (χ0v) is 15.3. The summed E-state index contributed by atoms with van der Waals surface area (Å²) in [4.78, 5) is 16.5. The summed E-state index contributed by atoms with van der Waals surface area (Å²) >= 11 is 1.55. The quantitative estimate of drug-likeness (QED) is 0.331. The monoisotopic (exact) mass is 361 g/mol. The summed E-state index contributed by atoms with van der Waals surface area (Å²) in [5.41, 5.74) is 4.72. The number of thiophene rings is 1. The van der Waals surface area contributed by atoms with Gasteiger partial charge in [0.2, 0.25) is 0 Å². The molecule has 0 N–H and O–H groups in total. The number of rotatable bonds is 6. The van der Waals surface area contributed by atoms with Crippen molar-refractivity contribution >= 4 is 34.8 Å². The molecule has 3 rings (SSSR count). The molecule has 0 fully saturated rings. The molecule has 4 heteroatoms. The van der Waals surface area contributed by atoms with Gasteiger partial charge < -0.3 is 4.74 Å². The highest BCUT2D eigenvalue weighted by atomic mass is 32.1. The van der Waals surface area contributed by atoms with Gasteiger partial charge >= 0.3 is 5.97 Å². The molecule has 0 saturated heterocycles. The zero-order chi connectivity index (χ0) is 18.2. The molecule has 130 valence electrons. The van der Waals surface area contributed by atoms with Crippen LogP contribution in [0.15, 0.2) is 82.5 Å². The first kappa shape index (κ1) is 17.8. The van der Waals surface area contributed by atoms with Gasteiger partial charge in [-0.25, -0.2) is 9.79 Å². The summed E-state index contributed by atoms with van der Waals surface area (Å²) in [5.74, 6) is -0.347. The molecular formula is C22H19NO2S. The van der Waals surface area contributed by atoms with Gasteiger partial charge in [-0.1, -0.05) is 60.7 Å². The third kappa shape index (κ3) is 4.55. The van der Waals surface area contributed by atoms with Crippen molar-refractivity contribution in [1.29, 1.82) is 0 Å². The Kier molecular flexibility index (Phi) is 6.12. The lowest BCUT2D eigenvalue weighted by Gasteiger charge is -2.07. The van der Waals surface area contributed by atoms with Crippen LogP contribution >= 0.6 is 11.3 Å². The molecule has 0 spiro atoms. The van der Waals surface area contributed by atoms with Crippen molar-refractivity contribution in [3.05, 3.63) is 94.2 Å². The van der Waals surface area contributed by atoms with E-state index in [4.69, 9.17) is 9.73 Å². The van der Waals surface area contributed by atoms with Gasteiger partial charge in [-0.2, -0.15) is 0 Å². The largest absolute Gasteiger partial charge is 0.463 e. The molecule has 2 aromatic carbocycles. The van der Waals surface area contributed by atoms with Crippen molar-refractivity contribution in [2.75, 3.05) is 6.61 Å². The van der Waals surface area contributed by atoms with Crippen molar-refractivity contribution < 1.29 is 9.53 Å². The van der Waals surface area contributed by atoms with Gasteiger partial charge in [-0.05, 0) is 13.0 Å². The Hall–Kier alpha value is -2.98. The first-order valence-electron chi connectivity index (χ1n) is 8.38. The van der Waals surface area contributed by atoms with E-state index in [0.29, 0.717) is 6.61 Å². The molecule has 0 aliphatic rings. The predicted molar refractivity (Wildman–Crippen MR) is 108 cm³/mol. The van der Waals surface area contributed by atoms with Crippen molar-refractivity contribution in [1.82, 2.24) is 0 Å². The van der Waals surface area contributed by atoms with E-state index < -0.39 is 0 Å². The minimum atomic E-state index is -0.347. The fourth-order valence-corrected chi connectivity index (χ4v) is 3.20. The number of esters is 1. The van der Waals surface area contributed by atoms with Crippen LogP contribution in [0.2, 0.25) is 0 Å². The molecule has 0 bridgehead atoms. The van der Waals surface area contributed by atoms with E-state index in [0.717, 1.165) is 28.1 Å². The van der Waals surface area contributed by atoms with Crippen LogP contribution in [-0.2, 0) is 9.53 Å². The normalized spacial score (nSPS) is 10.7. The van der Waals surface area contributed by atoms with Crippen LogP contribution in [-0.4, -0.2) is 18.3 Å². The zero-order valence-electron chi connectivity index (χ0n) is 14.5. The van der Waals surface area contributed by atoms with Gasteiger partial charge in [-0.15, -0.1) is 11.3 Å². The second kappa shape index (κ2) is 8.92. The number of nitrogens with zero attached hydrogens (tertiary/aromatic N) is 1. The van der Waals surface area contributed by atoms with Crippen LogP contribution in [0, 0.1) is 0 Å². The first-order valence-corrected chi connectivity index (χ1v) is 9.32. The molecule has 3 nitrogen and oxygen atoms in total. The topological polar surface area (TPSA) is 38.7 Å². The fourth-order valence-electron chi connectivity index (χ4n) is 2.47. The molecule has 1 aromatic heterocycles. The van der Waals surface area contributed by atoms with E-state index in [1.54, 1.807) is 24.3 Å². The Labute approximate surface area is 157 Å². The van der Waals surface area contributed by atoms with E-state index >= 15 is 0 Å². The van der Waals surface area contributed by atoms with Crippen molar-refractivity contribution in [3.63, 3.8) is 0 Å². The second-order valence-electron chi connectivity index (χ2n) is 5.49. The summed E-state index contributed by atoms with van der Waals surface area (Å²) in [6.07, 6.45) is 3.19. The molecule has 26 heavy (non-hydrogen) atoms. The Bertz CT molecular complexity index is 870. The van der Waals surface area contributed by atoms with Crippen LogP contribution in [0.25, 0.3) is 6.08 Å². The van der Waals surface area contributed by atoms with Crippen LogP contribution in [0.3, 0.4) is 0 Å². The number of hydrogen-bond donors (Lipinski definition) is 0. The standard InChI is InChI=1S/C22H19NO2S/c1-2-25-21(24)14-13-19-15-26-16-20(19)23-22(17-9-5-3-6-10-17)18-11-7-4-8-12-18/h3-16H,2H2,1H3/b14-13+. The number of benzene rings is 2. The first-order chi connectivity index (χ1) is 12.8. The summed E-state index contributed by atoms with van der Waals surface area (Å²) in [6.45, 7) is 2.15. The lowest BCUT2D eigenvalue weighted by atomic mass is 10.0. The molecular weight excluding hydrogens is 342 g/mol. The Morgan fingerprint density at radius 2 is 1.62 bits per heavy atom. The van der Waals surface area contributed by atoms with Gasteiger partial charge in [0.1, 0.15) is 0 Å². The minimum Gasteiger partial charge on any atom is -0.463 e. The fraction of sp³-hybridized carbons (Fsp3) is 0.0909. The third-order valence-electron chi connectivity index (χ3n) is 3.68. The van der Waals surface area contributed by atoms with E-state index in [2.05, 4.69) is 0 Å². The van der Waals surface area contributed by atoms with Gasteiger partial charge in [0.25, 0.3) is 0 Å². The number of ether oxygens (including phenoxy) is 1. The van der Waals surface area contributed by atoms with E-state index in [-0.39, 0.29) is 5.97 Å². The van der Waals surface area contributed by atoms with E-state index in [1.165, 1.54) is 6.08 Å². The van der Waals surface area contributed by atoms with E-state index in [1.807, 2.05) is 71.4 Å². The summed E-state index contributed by atoms with van der Waals surface area (Å²) in [7, 11) is 0. The third-order valence-corrected chi connectivity index (χ3v) is 4.43. The van der Waals surface area contributed by atoms with Gasteiger partial charge in [0.15, 0.2) is 0 Å². The number of carbonyl (C=O) groups is 1. The number of hydrogen-bond acceptors (Lipinski definition) is 4. The lowest BCUT2D eigenvalue weighted by molar-refractivity contribution is -0.137. The SMILES string of the molecule is CCOC(=O)/C=C/c1cscc1N=C(c1ccccc1)c1ccccc1. The Balaban J connectivity index is 2.00. The minimum absolute atomic E-state index is 0.347. The van der Waals surface area contributed by atoms with Gasteiger partial charge in [0, 0.05) is 33.5 Å². The maximum atomic E-state index is 11.6. The van der Waals surface area contributed by atoms with Crippen LogP contribution in [0.5, 0.6) is 0 Å². The maximum absolute atomic E-state index is 11.6. The molecule has 0 aliphatic heterocycles. The van der Waals surface area contributed by atoms with Crippen molar-refractivity contribution in [2.45, 2.75) is 6.92 Å². The molecule has 1 heterocycles. The Morgan fingerprint density at radius 1 is 1.00 bits per heavy atom. The average Bonchev–Trinajstić information content (AvgIpc) is 3.13. The second-order valence-corrected chi connectivity index (χ2v) is 6.23. The molecule has 0 unspecified atom stereocenters. The number of carbonyl (C=O) groups excluding carboxylic acids is 1. The molecule has 0 aliphatic carbocycles. The highest BCUT2D eigenvalue weighted by Gasteiger charge is 2.09. The van der Waals surface area contributed by atoms with Crippen LogP contribution in [0.1, 0.15) is 23.6 Å². The Morgan fingerprint density at radius 3 is 2.19 bits per heavy atom. The smallest absolute Gasteiger partial charge is 0.330 e. The molecule has 0 amide bonds. The summed E-state index contributed by atoms with van der Waals surface area (Å²) in [6, 6.07) is 20.2. The summed E-state index contributed by atoms with van der Waals surface area (Å²) in [5, 5.41) is 3.96. The predicted octanol–water partition coefficient (Wildman–Crippen LogP) is 5.49. The summed E-state index contributed by atoms with van der Waals surface area (Å²) < 4.78 is 4.94.